The number of carbonyl (C=O) groups is 4. The van der Waals surface area contributed by atoms with Gasteiger partial charge in [0.05, 0.1) is 6.61 Å². The lowest BCUT2D eigenvalue weighted by atomic mass is 9.98. The molecule has 0 amide bonds. The quantitative estimate of drug-likeness (QED) is 0.0228. The van der Waals surface area contributed by atoms with E-state index in [1.165, 1.54) is 25.7 Å². The predicted octanol–water partition coefficient (Wildman–Crippen LogP) is 13.3. The normalized spacial score (nSPS) is 19.3. The second-order valence-corrected chi connectivity index (χ2v) is 18.1. The van der Waals surface area contributed by atoms with Crippen molar-refractivity contribution >= 4 is 23.9 Å². The van der Waals surface area contributed by atoms with Crippen molar-refractivity contribution in [2.24, 2.45) is 0 Å². The van der Waals surface area contributed by atoms with E-state index in [9.17, 15) is 34.5 Å². The number of carboxylic acid groups (broad SMARTS) is 1. The van der Waals surface area contributed by atoms with Gasteiger partial charge < -0.3 is 39.0 Å². The Bertz CT molecular complexity index is 1610. The highest BCUT2D eigenvalue weighted by Crippen LogP contribution is 2.26. The first-order valence-corrected chi connectivity index (χ1v) is 27.2. The standard InChI is InChI=1S/C59H94O12/c1-4-7-10-13-16-19-22-25-26-29-30-33-36-39-42-45-51(60)67-48-50(69-52(61)46-43-40-37-34-31-27-23-20-17-14-11-8-5-2)49-68-59-57(55(64)54(63)56(71-59)58(65)66)70-53(62)47-44-41-38-35-32-28-24-21-18-15-12-9-6-3/h7,9-10,12,16,18-21,23,25-26,28,32,38,41,50,54-57,59,63-64H,4-6,8,11,13-15,17,22,24,27,29-31,33-37,39-40,42-49H2,1-3H3,(H,65,66)/b10-7-,12-9-,19-16-,21-18-,23-20-,26-25-,32-28-,41-38-. The number of hydrogen-bond donors (Lipinski definition) is 3. The summed E-state index contributed by atoms with van der Waals surface area (Å²) < 4.78 is 28.2. The molecule has 0 radical (unpaired) electrons. The molecule has 12 nitrogen and oxygen atoms in total. The zero-order chi connectivity index (χ0) is 51.8. The molecule has 0 spiro atoms. The van der Waals surface area contributed by atoms with Gasteiger partial charge in [0, 0.05) is 19.3 Å². The first-order valence-electron chi connectivity index (χ1n) is 27.2. The van der Waals surface area contributed by atoms with E-state index in [0.717, 1.165) is 109 Å². The van der Waals surface area contributed by atoms with Crippen molar-refractivity contribution in [1.29, 1.82) is 0 Å². The first kappa shape index (κ1) is 64.7. The van der Waals surface area contributed by atoms with Crippen LogP contribution in [0.3, 0.4) is 0 Å². The van der Waals surface area contributed by atoms with Crippen molar-refractivity contribution in [2.45, 2.75) is 237 Å². The average molecular weight is 995 g/mol. The largest absolute Gasteiger partial charge is 0.479 e. The molecule has 6 unspecified atom stereocenters. The molecule has 0 aromatic carbocycles. The van der Waals surface area contributed by atoms with E-state index >= 15 is 0 Å². The van der Waals surface area contributed by atoms with Crippen LogP contribution in [-0.2, 0) is 42.9 Å². The van der Waals surface area contributed by atoms with Crippen molar-refractivity contribution in [3.05, 3.63) is 97.2 Å². The number of hydrogen-bond acceptors (Lipinski definition) is 11. The molecule has 1 saturated heterocycles. The molecule has 71 heavy (non-hydrogen) atoms. The number of aliphatic carboxylic acids is 1. The summed E-state index contributed by atoms with van der Waals surface area (Å²) in [4.78, 5) is 50.9. The third kappa shape index (κ3) is 37.1. The van der Waals surface area contributed by atoms with Crippen LogP contribution in [0.4, 0.5) is 0 Å². The maximum atomic E-state index is 13.1. The third-order valence-electron chi connectivity index (χ3n) is 11.6. The molecule has 1 heterocycles. The summed E-state index contributed by atoms with van der Waals surface area (Å²) in [5.74, 6) is -3.27. The van der Waals surface area contributed by atoms with Gasteiger partial charge in [-0.1, -0.05) is 176 Å². The summed E-state index contributed by atoms with van der Waals surface area (Å²) in [6, 6.07) is 0. The minimum absolute atomic E-state index is 0.0673. The van der Waals surface area contributed by atoms with Gasteiger partial charge >= 0.3 is 23.9 Å². The second kappa shape index (κ2) is 46.7. The Kier molecular flexibility index (Phi) is 42.5. The van der Waals surface area contributed by atoms with Gasteiger partial charge in [-0.2, -0.15) is 0 Å². The Balaban J connectivity index is 2.78. The van der Waals surface area contributed by atoms with Gasteiger partial charge in [0.2, 0.25) is 0 Å². The topological polar surface area (TPSA) is 175 Å². The third-order valence-corrected chi connectivity index (χ3v) is 11.6. The molecule has 0 saturated carbocycles. The van der Waals surface area contributed by atoms with Crippen molar-refractivity contribution in [2.75, 3.05) is 13.2 Å². The average Bonchev–Trinajstić information content (AvgIpc) is 3.35. The van der Waals surface area contributed by atoms with Crippen LogP contribution in [-0.4, -0.2) is 89.2 Å². The molecule has 6 atom stereocenters. The van der Waals surface area contributed by atoms with Crippen molar-refractivity contribution in [3.8, 4) is 0 Å². The monoisotopic (exact) mass is 995 g/mol. The van der Waals surface area contributed by atoms with E-state index in [4.69, 9.17) is 23.7 Å². The molecule has 1 aliphatic heterocycles. The molecule has 1 aliphatic rings. The fourth-order valence-corrected chi connectivity index (χ4v) is 7.51. The highest BCUT2D eigenvalue weighted by Gasteiger charge is 2.50. The zero-order valence-electron chi connectivity index (χ0n) is 43.9. The molecule has 0 aliphatic carbocycles. The lowest BCUT2D eigenvalue weighted by molar-refractivity contribution is -0.301. The Hall–Kier alpha value is -4.36. The smallest absolute Gasteiger partial charge is 0.335 e. The number of ether oxygens (including phenoxy) is 5. The number of aliphatic hydroxyl groups is 2. The summed E-state index contributed by atoms with van der Waals surface area (Å²) in [6.45, 7) is 5.66. The predicted molar refractivity (Wildman–Crippen MR) is 284 cm³/mol. The van der Waals surface area contributed by atoms with E-state index in [0.29, 0.717) is 25.7 Å². The summed E-state index contributed by atoms with van der Waals surface area (Å²) in [7, 11) is 0. The number of carboxylic acids is 1. The van der Waals surface area contributed by atoms with Crippen LogP contribution >= 0.6 is 0 Å². The first-order chi connectivity index (χ1) is 34.6. The van der Waals surface area contributed by atoms with Gasteiger partial charge in [0.15, 0.2) is 24.6 Å². The van der Waals surface area contributed by atoms with Crippen LogP contribution in [0, 0.1) is 0 Å². The van der Waals surface area contributed by atoms with Gasteiger partial charge in [0.25, 0.3) is 0 Å². The maximum absolute atomic E-state index is 13.1. The van der Waals surface area contributed by atoms with Crippen molar-refractivity contribution in [3.63, 3.8) is 0 Å². The molecule has 12 heteroatoms. The number of unbranched alkanes of at least 4 members (excludes halogenated alkanes) is 14. The summed E-state index contributed by atoms with van der Waals surface area (Å²) >= 11 is 0. The molecule has 1 fully saturated rings. The zero-order valence-corrected chi connectivity index (χ0v) is 43.9. The van der Waals surface area contributed by atoms with Crippen LogP contribution in [0.2, 0.25) is 0 Å². The van der Waals surface area contributed by atoms with Crippen LogP contribution in [0.5, 0.6) is 0 Å². The fourth-order valence-electron chi connectivity index (χ4n) is 7.51. The highest BCUT2D eigenvalue weighted by atomic mass is 16.7. The summed E-state index contributed by atoms with van der Waals surface area (Å²) in [6.07, 6.45) is 48.3. The number of allylic oxidation sites excluding steroid dienone is 16. The van der Waals surface area contributed by atoms with Crippen LogP contribution in [0.15, 0.2) is 97.2 Å². The van der Waals surface area contributed by atoms with Gasteiger partial charge in [-0.3, -0.25) is 14.4 Å². The minimum Gasteiger partial charge on any atom is -0.479 e. The molecular formula is C59H94O12. The SMILES string of the molecule is CC/C=C\C/C=C\C/C=C\C/C=C\CCC(=O)OC1C(OCC(COC(=O)CCCCCCC/C=C\C/C=C\C/C=C\CC)OC(=O)CCCCCCC/C=C\CCCCCC)OC(C(=O)O)C(O)C1O. The van der Waals surface area contributed by atoms with Gasteiger partial charge in [-0.15, -0.1) is 0 Å². The van der Waals surface area contributed by atoms with Gasteiger partial charge in [0.1, 0.15) is 18.8 Å². The number of carbonyl (C=O) groups excluding carboxylic acids is 3. The van der Waals surface area contributed by atoms with E-state index < -0.39 is 67.3 Å². The number of rotatable bonds is 44. The van der Waals surface area contributed by atoms with E-state index in [2.05, 4.69) is 99.8 Å². The van der Waals surface area contributed by atoms with Gasteiger partial charge in [-0.25, -0.2) is 4.79 Å². The Morgan fingerprint density at radius 2 is 0.915 bits per heavy atom. The Morgan fingerprint density at radius 3 is 1.42 bits per heavy atom. The lowest BCUT2D eigenvalue weighted by Gasteiger charge is -2.40. The van der Waals surface area contributed by atoms with Crippen LogP contribution in [0.25, 0.3) is 0 Å². The molecule has 0 bridgehead atoms. The van der Waals surface area contributed by atoms with Crippen molar-refractivity contribution in [1.82, 2.24) is 0 Å². The molecule has 402 valence electrons. The van der Waals surface area contributed by atoms with Gasteiger partial charge in [-0.05, 0) is 103 Å². The minimum atomic E-state index is -1.93. The molecule has 0 aromatic rings. The van der Waals surface area contributed by atoms with Crippen molar-refractivity contribution < 1.29 is 58.2 Å². The van der Waals surface area contributed by atoms with E-state index in [-0.39, 0.29) is 25.9 Å². The van der Waals surface area contributed by atoms with E-state index in [1.54, 1.807) is 0 Å². The van der Waals surface area contributed by atoms with Crippen LogP contribution < -0.4 is 0 Å². The lowest BCUT2D eigenvalue weighted by Crippen LogP contribution is -2.61. The summed E-state index contributed by atoms with van der Waals surface area (Å²) in [5.41, 5.74) is 0. The maximum Gasteiger partial charge on any atom is 0.335 e. The fraction of sp³-hybridized carbons (Fsp3) is 0.661. The molecule has 3 N–H and O–H groups in total. The summed E-state index contributed by atoms with van der Waals surface area (Å²) in [5, 5.41) is 31.3. The Labute approximate surface area is 428 Å². The highest BCUT2D eigenvalue weighted by molar-refractivity contribution is 5.74. The number of esters is 3. The van der Waals surface area contributed by atoms with Crippen LogP contribution in [0.1, 0.15) is 201 Å². The molecule has 1 rings (SSSR count). The second-order valence-electron chi connectivity index (χ2n) is 18.1. The Morgan fingerprint density at radius 1 is 0.479 bits per heavy atom. The number of aliphatic hydroxyl groups excluding tert-OH is 2. The van der Waals surface area contributed by atoms with E-state index in [1.807, 2.05) is 18.2 Å². The molecular weight excluding hydrogens is 901 g/mol. The molecule has 0 aromatic heterocycles.